The standard InChI is InChI=1S/C16H7FN4/c1-9-4-10-11(6-14(9)17)13(16(8-19)21-3)5-12(10)15(7-18)20-2/h4,6H,5H2,1H3. The van der Waals surface area contributed by atoms with Crippen LogP contribution in [0.15, 0.2) is 23.5 Å². The summed E-state index contributed by atoms with van der Waals surface area (Å²) >= 11 is 0. The number of allylic oxidation sites excluding steroid dienone is 4. The zero-order chi connectivity index (χ0) is 15.6. The molecule has 1 aromatic carbocycles. The molecule has 0 radical (unpaired) electrons. The van der Waals surface area contributed by atoms with E-state index in [2.05, 4.69) is 9.69 Å². The van der Waals surface area contributed by atoms with E-state index < -0.39 is 5.82 Å². The van der Waals surface area contributed by atoms with Crippen molar-refractivity contribution in [3.8, 4) is 12.1 Å². The Morgan fingerprint density at radius 2 is 1.57 bits per heavy atom. The Morgan fingerprint density at radius 3 is 2.00 bits per heavy atom. The summed E-state index contributed by atoms with van der Waals surface area (Å²) in [5, 5.41) is 18.1. The molecule has 1 aliphatic carbocycles. The Bertz CT molecular complexity index is 772. The van der Waals surface area contributed by atoms with Gasteiger partial charge in [-0.15, -0.1) is 0 Å². The maximum atomic E-state index is 13.8. The minimum Gasteiger partial charge on any atom is -0.226 e. The zero-order valence-corrected chi connectivity index (χ0v) is 11.0. The number of hydrogen-bond acceptors (Lipinski definition) is 2. The molecule has 0 atom stereocenters. The van der Waals surface area contributed by atoms with E-state index in [0.29, 0.717) is 27.8 Å². The van der Waals surface area contributed by atoms with Crippen LogP contribution in [0.4, 0.5) is 4.39 Å². The van der Waals surface area contributed by atoms with Gasteiger partial charge in [0.15, 0.2) is 0 Å². The third-order valence-corrected chi connectivity index (χ3v) is 3.31. The van der Waals surface area contributed by atoms with Crippen molar-refractivity contribution in [2.75, 3.05) is 0 Å². The van der Waals surface area contributed by atoms with Gasteiger partial charge in [0.1, 0.15) is 5.82 Å². The van der Waals surface area contributed by atoms with Gasteiger partial charge in [-0.1, -0.05) is 0 Å². The Hall–Kier alpha value is -3.41. The topological polar surface area (TPSA) is 56.3 Å². The van der Waals surface area contributed by atoms with Crippen molar-refractivity contribution in [3.63, 3.8) is 0 Å². The van der Waals surface area contributed by atoms with Gasteiger partial charge in [-0.2, -0.15) is 0 Å². The van der Waals surface area contributed by atoms with Gasteiger partial charge >= 0.3 is 0 Å². The third kappa shape index (κ3) is 2.14. The first-order valence-electron chi connectivity index (χ1n) is 5.89. The van der Waals surface area contributed by atoms with E-state index in [-0.39, 0.29) is 17.8 Å². The molecule has 0 N–H and O–H groups in total. The third-order valence-electron chi connectivity index (χ3n) is 3.31. The Kier molecular flexibility index (Phi) is 3.53. The highest BCUT2D eigenvalue weighted by atomic mass is 19.1. The second-order valence-corrected chi connectivity index (χ2v) is 4.43. The maximum absolute atomic E-state index is 13.8. The largest absolute Gasteiger partial charge is 0.265 e. The van der Waals surface area contributed by atoms with Crippen molar-refractivity contribution in [1.29, 1.82) is 10.5 Å². The van der Waals surface area contributed by atoms with Crippen LogP contribution in [0.1, 0.15) is 23.1 Å². The lowest BCUT2D eigenvalue weighted by atomic mass is 10.0. The van der Waals surface area contributed by atoms with Crippen molar-refractivity contribution in [3.05, 3.63) is 68.9 Å². The van der Waals surface area contributed by atoms with Crippen LogP contribution in [0.25, 0.3) is 20.8 Å². The predicted octanol–water partition coefficient (Wildman–Crippen LogP) is 3.85. The van der Waals surface area contributed by atoms with Crippen LogP contribution in [0.3, 0.4) is 0 Å². The fourth-order valence-corrected chi connectivity index (χ4v) is 2.29. The molecule has 1 aromatic rings. The molecule has 0 saturated heterocycles. The average Bonchev–Trinajstić information content (AvgIpc) is 2.82. The Morgan fingerprint density at radius 1 is 1.10 bits per heavy atom. The molecule has 0 heterocycles. The van der Waals surface area contributed by atoms with Crippen LogP contribution < -0.4 is 0 Å². The smallest absolute Gasteiger partial charge is 0.226 e. The van der Waals surface area contributed by atoms with Crippen molar-refractivity contribution in [2.45, 2.75) is 13.3 Å². The fourth-order valence-electron chi connectivity index (χ4n) is 2.29. The molecule has 0 bridgehead atoms. The summed E-state index contributed by atoms with van der Waals surface area (Å²) in [6, 6.07) is 6.41. The van der Waals surface area contributed by atoms with E-state index in [9.17, 15) is 4.39 Å². The zero-order valence-electron chi connectivity index (χ0n) is 11.0. The number of halogens is 1. The second-order valence-electron chi connectivity index (χ2n) is 4.43. The van der Waals surface area contributed by atoms with Crippen LogP contribution >= 0.6 is 0 Å². The number of aryl methyl sites for hydroxylation is 1. The summed E-state index contributed by atoms with van der Waals surface area (Å²) in [6.07, 6.45) is 0.120. The molecule has 98 valence electrons. The highest BCUT2D eigenvalue weighted by molar-refractivity contribution is 5.97. The normalized spacial score (nSPS) is 16.9. The summed E-state index contributed by atoms with van der Waals surface area (Å²) < 4.78 is 13.8. The second kappa shape index (κ2) is 5.30. The molecule has 4 nitrogen and oxygen atoms in total. The fraction of sp³-hybridized carbons (Fsp3) is 0.125. The van der Waals surface area contributed by atoms with E-state index in [1.165, 1.54) is 6.07 Å². The number of benzene rings is 1. The van der Waals surface area contributed by atoms with Gasteiger partial charge in [-0.25, -0.2) is 24.6 Å². The molecule has 1 aliphatic rings. The highest BCUT2D eigenvalue weighted by Crippen LogP contribution is 2.44. The van der Waals surface area contributed by atoms with Crippen LogP contribution in [0.2, 0.25) is 0 Å². The lowest BCUT2D eigenvalue weighted by molar-refractivity contribution is 0.618. The Balaban J connectivity index is 2.91. The van der Waals surface area contributed by atoms with E-state index in [4.69, 9.17) is 23.7 Å². The molecule has 5 heteroatoms. The molecule has 0 unspecified atom stereocenters. The van der Waals surface area contributed by atoms with Crippen LogP contribution in [0.5, 0.6) is 0 Å². The number of nitrogens with zero attached hydrogens (tertiary/aromatic N) is 4. The molecule has 2 rings (SSSR count). The molecular weight excluding hydrogens is 267 g/mol. The van der Waals surface area contributed by atoms with E-state index in [1.54, 1.807) is 19.1 Å². The number of fused-ring (bicyclic) bond motifs is 1. The Labute approximate surface area is 121 Å². The SMILES string of the molecule is [C-]#[N+]C(C#N)=C1CC(=C(C#N)[N+]#[C-])c2cc(F)c(C)cc21. The quantitative estimate of drug-likeness (QED) is 0.533. The van der Waals surface area contributed by atoms with Crippen molar-refractivity contribution >= 4 is 11.1 Å². The van der Waals surface area contributed by atoms with Crippen molar-refractivity contribution in [2.24, 2.45) is 0 Å². The monoisotopic (exact) mass is 274 g/mol. The summed E-state index contributed by atoms with van der Waals surface area (Å²) in [6.45, 7) is 15.7. The molecule has 0 fully saturated rings. The van der Waals surface area contributed by atoms with Gasteiger partial charge in [-0.3, -0.25) is 0 Å². The number of hydrogen-bond donors (Lipinski definition) is 0. The summed E-state index contributed by atoms with van der Waals surface area (Å²) in [5.74, 6) is -0.448. The van der Waals surface area contributed by atoms with Gasteiger partial charge in [0.05, 0.1) is 25.3 Å². The summed E-state index contributed by atoms with van der Waals surface area (Å²) in [5.41, 5.74) is 1.92. The number of rotatable bonds is 0. The van der Waals surface area contributed by atoms with E-state index in [0.717, 1.165) is 0 Å². The molecule has 0 spiro atoms. The van der Waals surface area contributed by atoms with Gasteiger partial charge < -0.3 is 0 Å². The van der Waals surface area contributed by atoms with E-state index in [1.807, 2.05) is 6.07 Å². The number of nitriles is 2. The predicted molar refractivity (Wildman–Crippen MR) is 74.0 cm³/mol. The molecule has 21 heavy (non-hydrogen) atoms. The lowest BCUT2D eigenvalue weighted by Gasteiger charge is -2.05. The van der Waals surface area contributed by atoms with Crippen molar-refractivity contribution in [1.82, 2.24) is 0 Å². The summed E-state index contributed by atoms with van der Waals surface area (Å²) in [7, 11) is 0. The lowest BCUT2D eigenvalue weighted by Crippen LogP contribution is -1.90. The summed E-state index contributed by atoms with van der Waals surface area (Å²) in [4.78, 5) is 6.32. The van der Waals surface area contributed by atoms with Crippen molar-refractivity contribution < 1.29 is 4.39 Å². The minimum absolute atomic E-state index is 0.0977. The van der Waals surface area contributed by atoms with Crippen LogP contribution in [0, 0.1) is 48.5 Å². The average molecular weight is 274 g/mol. The van der Waals surface area contributed by atoms with Gasteiger partial charge in [0.2, 0.25) is 0 Å². The minimum atomic E-state index is -0.448. The van der Waals surface area contributed by atoms with Gasteiger partial charge in [-0.05, 0) is 53.3 Å². The molecule has 0 aromatic heterocycles. The van der Waals surface area contributed by atoms with Gasteiger partial charge in [0.25, 0.3) is 11.4 Å². The highest BCUT2D eigenvalue weighted by Gasteiger charge is 2.27. The first kappa shape index (κ1) is 14.0. The van der Waals surface area contributed by atoms with Gasteiger partial charge in [0, 0.05) is 0 Å². The van der Waals surface area contributed by atoms with Crippen LogP contribution in [-0.2, 0) is 0 Å². The molecular formula is C16H7FN4. The molecule has 0 aliphatic heterocycles. The van der Waals surface area contributed by atoms with E-state index >= 15 is 0 Å². The van der Waals surface area contributed by atoms with Crippen LogP contribution in [-0.4, -0.2) is 0 Å². The molecule has 0 saturated carbocycles. The first-order valence-corrected chi connectivity index (χ1v) is 5.89. The molecule has 0 amide bonds. The first-order chi connectivity index (χ1) is 10.1. The maximum Gasteiger partial charge on any atom is 0.265 e.